The molecule has 0 unspecified atom stereocenters. The standard InChI is InChI=1S/C6H14O.2K.H2O4S/c1-6(2)4-3-5-7;;;1-5(2,3)4/h6-7H,3-5H2,1-2H3;;;(H2,1,2,3,4)/q;2*+1;/p-2. The molecule has 0 heterocycles. The van der Waals surface area contributed by atoms with Crippen LogP contribution in [-0.4, -0.2) is 29.2 Å². The van der Waals surface area contributed by atoms with Crippen LogP contribution in [0.3, 0.4) is 0 Å². The fourth-order valence-corrected chi connectivity index (χ4v) is 0.500. The Labute approximate surface area is 171 Å². The molecule has 0 saturated heterocycles. The van der Waals surface area contributed by atoms with E-state index < -0.39 is 10.4 Å². The van der Waals surface area contributed by atoms with E-state index in [1.807, 2.05) is 0 Å². The van der Waals surface area contributed by atoms with Gasteiger partial charge < -0.3 is 14.2 Å². The van der Waals surface area contributed by atoms with Gasteiger partial charge in [-0.15, -0.1) is 0 Å². The van der Waals surface area contributed by atoms with Gasteiger partial charge in [-0.3, -0.25) is 8.42 Å². The maximum atomic E-state index is 8.52. The predicted octanol–water partition coefficient (Wildman–Crippen LogP) is -5.92. The summed E-state index contributed by atoms with van der Waals surface area (Å²) in [5, 5.41) is 8.32. The van der Waals surface area contributed by atoms with Gasteiger partial charge in [0.05, 0.1) is 0 Å². The molecule has 0 saturated carbocycles. The Hall–Kier alpha value is 3.10. The molecule has 0 aliphatic carbocycles. The van der Waals surface area contributed by atoms with Crippen LogP contribution in [0.25, 0.3) is 0 Å². The van der Waals surface area contributed by atoms with Crippen molar-refractivity contribution < 1.29 is 125 Å². The molecule has 0 spiro atoms. The minimum atomic E-state index is -5.17. The minimum absolute atomic E-state index is 0. The van der Waals surface area contributed by atoms with Crippen molar-refractivity contribution in [2.45, 2.75) is 26.7 Å². The molecular weight excluding hydrogens is 262 g/mol. The number of hydrogen-bond acceptors (Lipinski definition) is 5. The van der Waals surface area contributed by atoms with Gasteiger partial charge in [0.1, 0.15) is 0 Å². The third kappa shape index (κ3) is 59.5. The summed E-state index contributed by atoms with van der Waals surface area (Å²) in [6, 6.07) is 0. The van der Waals surface area contributed by atoms with Crippen LogP contribution in [0.15, 0.2) is 0 Å². The largest absolute Gasteiger partial charge is 1.00 e. The average Bonchev–Trinajstić information content (AvgIpc) is 1.79. The normalized spacial score (nSPS) is 9.29. The topological polar surface area (TPSA) is 100 Å². The Kier molecular flexibility index (Phi) is 29.7. The smallest absolute Gasteiger partial charge is 0.759 e. The Morgan fingerprint density at radius 1 is 1.21 bits per heavy atom. The molecule has 0 rings (SSSR count). The molecule has 5 nitrogen and oxygen atoms in total. The summed E-state index contributed by atoms with van der Waals surface area (Å²) in [5.41, 5.74) is 0. The first-order valence-electron chi connectivity index (χ1n) is 3.55. The van der Waals surface area contributed by atoms with Crippen molar-refractivity contribution in [2.24, 2.45) is 5.92 Å². The second kappa shape index (κ2) is 16.1. The van der Waals surface area contributed by atoms with Crippen LogP contribution in [0.5, 0.6) is 0 Å². The fourth-order valence-electron chi connectivity index (χ4n) is 0.500. The van der Waals surface area contributed by atoms with Crippen LogP contribution < -0.4 is 103 Å². The van der Waals surface area contributed by atoms with Crippen molar-refractivity contribution in [3.8, 4) is 0 Å². The summed E-state index contributed by atoms with van der Waals surface area (Å²) in [5.74, 6) is 0.743. The third-order valence-corrected chi connectivity index (χ3v) is 0.940. The van der Waals surface area contributed by atoms with Gasteiger partial charge in [0, 0.05) is 17.0 Å². The first-order valence-corrected chi connectivity index (χ1v) is 4.88. The number of rotatable bonds is 3. The molecule has 1 N–H and O–H groups in total. The van der Waals surface area contributed by atoms with Gasteiger partial charge in [-0.25, -0.2) is 0 Å². The predicted molar refractivity (Wildman–Crippen MR) is 41.6 cm³/mol. The molecule has 0 aliphatic rings. The molecule has 0 radical (unpaired) electrons. The van der Waals surface area contributed by atoms with E-state index in [1.165, 1.54) is 0 Å². The molecule has 14 heavy (non-hydrogen) atoms. The van der Waals surface area contributed by atoms with Crippen molar-refractivity contribution in [3.05, 3.63) is 0 Å². The molecular formula is C6H14K2O5S. The molecule has 8 heteroatoms. The van der Waals surface area contributed by atoms with Gasteiger partial charge in [0.25, 0.3) is 0 Å². The second-order valence-corrected chi connectivity index (χ2v) is 3.48. The van der Waals surface area contributed by atoms with Crippen LogP contribution >= 0.6 is 0 Å². The molecule has 76 valence electrons. The summed E-state index contributed by atoms with van der Waals surface area (Å²) in [7, 11) is -5.17. The van der Waals surface area contributed by atoms with Crippen molar-refractivity contribution in [3.63, 3.8) is 0 Å². The summed E-state index contributed by atoms with van der Waals surface area (Å²) >= 11 is 0. The van der Waals surface area contributed by atoms with E-state index >= 15 is 0 Å². The molecule has 0 amide bonds. The van der Waals surface area contributed by atoms with E-state index in [0.717, 1.165) is 18.8 Å². The van der Waals surface area contributed by atoms with Gasteiger partial charge in [-0.05, 0) is 18.8 Å². The van der Waals surface area contributed by atoms with E-state index in [4.69, 9.17) is 22.6 Å². The Morgan fingerprint density at radius 2 is 1.50 bits per heavy atom. The first kappa shape index (κ1) is 25.8. The zero-order chi connectivity index (χ0) is 10.2. The van der Waals surface area contributed by atoms with E-state index in [2.05, 4.69) is 13.8 Å². The fraction of sp³-hybridized carbons (Fsp3) is 1.00. The van der Waals surface area contributed by atoms with Gasteiger partial charge in [0.15, 0.2) is 0 Å². The van der Waals surface area contributed by atoms with E-state index in [-0.39, 0.29) is 103 Å². The SMILES string of the molecule is CC(C)CCCO.O=S(=O)([O-])[O-].[K+].[K+]. The maximum Gasteiger partial charge on any atom is 1.00 e. The second-order valence-electron chi connectivity index (χ2n) is 2.67. The first-order chi connectivity index (χ1) is 5.27. The summed E-state index contributed by atoms with van der Waals surface area (Å²) in [6.45, 7) is 4.67. The van der Waals surface area contributed by atoms with Crippen LogP contribution in [0.2, 0.25) is 0 Å². The molecule has 0 bridgehead atoms. The van der Waals surface area contributed by atoms with Gasteiger partial charge >= 0.3 is 103 Å². The van der Waals surface area contributed by atoms with Gasteiger partial charge in [-0.1, -0.05) is 13.8 Å². The molecule has 0 aromatic heterocycles. The van der Waals surface area contributed by atoms with Crippen LogP contribution in [0, 0.1) is 5.92 Å². The van der Waals surface area contributed by atoms with Crippen LogP contribution in [-0.2, 0) is 10.4 Å². The third-order valence-electron chi connectivity index (χ3n) is 0.940. The average molecular weight is 276 g/mol. The monoisotopic (exact) mass is 276 g/mol. The number of aliphatic hydroxyl groups excluding tert-OH is 1. The molecule has 0 aromatic carbocycles. The Bertz CT molecular complexity index is 173. The van der Waals surface area contributed by atoms with Crippen molar-refractivity contribution >= 4 is 10.4 Å². The summed E-state index contributed by atoms with van der Waals surface area (Å²) < 4.78 is 34.1. The van der Waals surface area contributed by atoms with E-state index in [1.54, 1.807) is 0 Å². The van der Waals surface area contributed by atoms with Crippen LogP contribution in [0.4, 0.5) is 0 Å². The Morgan fingerprint density at radius 3 is 1.57 bits per heavy atom. The minimum Gasteiger partial charge on any atom is -0.759 e. The van der Waals surface area contributed by atoms with Crippen molar-refractivity contribution in [1.29, 1.82) is 0 Å². The van der Waals surface area contributed by atoms with Crippen molar-refractivity contribution in [1.82, 2.24) is 0 Å². The van der Waals surface area contributed by atoms with E-state index in [9.17, 15) is 0 Å². The van der Waals surface area contributed by atoms with E-state index in [0.29, 0.717) is 6.61 Å². The molecule has 0 aliphatic heterocycles. The molecule has 0 fully saturated rings. The number of aliphatic hydroxyl groups is 1. The molecule has 0 aromatic rings. The zero-order valence-corrected chi connectivity index (χ0v) is 16.2. The van der Waals surface area contributed by atoms with Gasteiger partial charge in [0.2, 0.25) is 0 Å². The van der Waals surface area contributed by atoms with Crippen molar-refractivity contribution in [2.75, 3.05) is 6.61 Å². The molecule has 0 atom stereocenters. The number of hydrogen-bond donors (Lipinski definition) is 1. The van der Waals surface area contributed by atoms with Crippen LogP contribution in [0.1, 0.15) is 26.7 Å². The summed E-state index contributed by atoms with van der Waals surface area (Å²) in [6.07, 6.45) is 2.11. The maximum absolute atomic E-state index is 8.52. The quantitative estimate of drug-likeness (QED) is 0.314. The Balaban J connectivity index is -0.0000000651. The zero-order valence-electron chi connectivity index (χ0n) is 9.19. The van der Waals surface area contributed by atoms with Gasteiger partial charge in [-0.2, -0.15) is 0 Å². The summed E-state index contributed by atoms with van der Waals surface area (Å²) in [4.78, 5) is 0.